The second kappa shape index (κ2) is 6.03. The molecule has 2 rings (SSSR count). The van der Waals surface area contributed by atoms with Crippen LogP contribution in [0.3, 0.4) is 0 Å². The summed E-state index contributed by atoms with van der Waals surface area (Å²) in [6, 6.07) is 13.6. The van der Waals surface area contributed by atoms with Crippen molar-refractivity contribution in [2.24, 2.45) is 0 Å². The standard InChI is InChI=1S/C7H8O.C6H5ClO/c1-6-2-4-7(8)5-3-6;7-5-2-1-3-6(8)4-5/h2-5,8H,1H3;1-4,8H. The van der Waals surface area contributed by atoms with Crippen LogP contribution in [0, 0.1) is 6.92 Å². The average Bonchev–Trinajstić information content (AvgIpc) is 2.23. The SMILES string of the molecule is Cc1ccc(O)cc1.Oc1cccc(Cl)c1. The number of benzene rings is 2. The number of aromatic hydroxyl groups is 2. The van der Waals surface area contributed by atoms with Gasteiger partial charge >= 0.3 is 0 Å². The quantitative estimate of drug-likeness (QED) is 0.732. The lowest BCUT2D eigenvalue weighted by Crippen LogP contribution is -1.66. The van der Waals surface area contributed by atoms with E-state index in [0.717, 1.165) is 0 Å². The summed E-state index contributed by atoms with van der Waals surface area (Å²) in [5.41, 5.74) is 1.17. The zero-order valence-corrected chi connectivity index (χ0v) is 9.65. The van der Waals surface area contributed by atoms with Crippen LogP contribution < -0.4 is 0 Å². The minimum Gasteiger partial charge on any atom is -0.508 e. The monoisotopic (exact) mass is 236 g/mol. The Hall–Kier alpha value is -1.67. The van der Waals surface area contributed by atoms with Gasteiger partial charge in [-0.05, 0) is 37.3 Å². The fourth-order valence-electron chi connectivity index (χ4n) is 1.02. The molecule has 2 aromatic carbocycles. The largest absolute Gasteiger partial charge is 0.508 e. The predicted molar refractivity (Wildman–Crippen MR) is 66.0 cm³/mol. The summed E-state index contributed by atoms with van der Waals surface area (Å²) in [5, 5.41) is 18.0. The summed E-state index contributed by atoms with van der Waals surface area (Å²) in [6.45, 7) is 1.99. The highest BCUT2D eigenvalue weighted by molar-refractivity contribution is 6.30. The summed E-state index contributed by atoms with van der Waals surface area (Å²) in [4.78, 5) is 0. The van der Waals surface area contributed by atoms with Gasteiger partial charge in [0.1, 0.15) is 11.5 Å². The first-order valence-corrected chi connectivity index (χ1v) is 5.16. The van der Waals surface area contributed by atoms with Gasteiger partial charge in [-0.3, -0.25) is 0 Å². The van der Waals surface area contributed by atoms with Gasteiger partial charge in [-0.25, -0.2) is 0 Å². The van der Waals surface area contributed by atoms with Gasteiger partial charge in [0.2, 0.25) is 0 Å². The van der Waals surface area contributed by atoms with Gasteiger partial charge in [0.05, 0.1) is 0 Å². The van der Waals surface area contributed by atoms with Crippen LogP contribution in [0.25, 0.3) is 0 Å². The van der Waals surface area contributed by atoms with Crippen LogP contribution in [0.15, 0.2) is 48.5 Å². The lowest BCUT2D eigenvalue weighted by Gasteiger charge is -1.89. The molecule has 16 heavy (non-hydrogen) atoms. The van der Waals surface area contributed by atoms with Crippen LogP contribution in [0.1, 0.15) is 5.56 Å². The average molecular weight is 237 g/mol. The van der Waals surface area contributed by atoms with E-state index in [0.29, 0.717) is 10.8 Å². The van der Waals surface area contributed by atoms with Gasteiger partial charge in [-0.1, -0.05) is 35.4 Å². The predicted octanol–water partition coefficient (Wildman–Crippen LogP) is 3.75. The molecule has 0 saturated carbocycles. The third kappa shape index (κ3) is 4.71. The highest BCUT2D eigenvalue weighted by Crippen LogP contribution is 2.14. The first-order chi connectivity index (χ1) is 7.58. The van der Waals surface area contributed by atoms with Gasteiger partial charge in [-0.2, -0.15) is 0 Å². The lowest BCUT2D eigenvalue weighted by atomic mass is 10.2. The molecule has 0 unspecified atom stereocenters. The highest BCUT2D eigenvalue weighted by Gasteiger charge is 1.85. The van der Waals surface area contributed by atoms with E-state index < -0.39 is 0 Å². The van der Waals surface area contributed by atoms with E-state index in [4.69, 9.17) is 21.8 Å². The summed E-state index contributed by atoms with van der Waals surface area (Å²) >= 11 is 5.48. The second-order valence-corrected chi connectivity index (χ2v) is 3.75. The van der Waals surface area contributed by atoms with E-state index in [2.05, 4.69) is 0 Å². The van der Waals surface area contributed by atoms with Gasteiger partial charge in [0.15, 0.2) is 0 Å². The summed E-state index contributed by atoms with van der Waals surface area (Å²) in [5.74, 6) is 0.535. The molecular weight excluding hydrogens is 224 g/mol. The molecule has 0 radical (unpaired) electrons. The Bertz CT molecular complexity index is 400. The van der Waals surface area contributed by atoms with E-state index in [-0.39, 0.29) is 5.75 Å². The van der Waals surface area contributed by atoms with Crippen molar-refractivity contribution in [2.45, 2.75) is 6.92 Å². The second-order valence-electron chi connectivity index (χ2n) is 3.32. The van der Waals surface area contributed by atoms with Crippen molar-refractivity contribution >= 4 is 11.6 Å². The van der Waals surface area contributed by atoms with E-state index >= 15 is 0 Å². The number of phenolic OH excluding ortho intramolecular Hbond substituents is 2. The van der Waals surface area contributed by atoms with E-state index in [1.807, 2.05) is 19.1 Å². The molecule has 0 fully saturated rings. The van der Waals surface area contributed by atoms with Crippen molar-refractivity contribution in [2.75, 3.05) is 0 Å². The Morgan fingerprint density at radius 2 is 1.50 bits per heavy atom. The molecule has 0 aliphatic carbocycles. The normalized spacial score (nSPS) is 9.12. The van der Waals surface area contributed by atoms with Crippen LogP contribution in [0.5, 0.6) is 11.5 Å². The van der Waals surface area contributed by atoms with Crippen LogP contribution in [0.4, 0.5) is 0 Å². The van der Waals surface area contributed by atoms with Gasteiger partial charge in [0.25, 0.3) is 0 Å². The molecule has 0 saturated heterocycles. The van der Waals surface area contributed by atoms with E-state index in [9.17, 15) is 0 Å². The zero-order chi connectivity index (χ0) is 12.0. The van der Waals surface area contributed by atoms with Crippen LogP contribution in [-0.4, -0.2) is 10.2 Å². The molecule has 2 aromatic rings. The van der Waals surface area contributed by atoms with E-state index in [1.165, 1.54) is 11.6 Å². The van der Waals surface area contributed by atoms with Crippen molar-refractivity contribution < 1.29 is 10.2 Å². The molecule has 0 aliphatic heterocycles. The van der Waals surface area contributed by atoms with Crippen molar-refractivity contribution in [3.05, 3.63) is 59.1 Å². The molecule has 3 heteroatoms. The summed E-state index contributed by atoms with van der Waals surface area (Å²) < 4.78 is 0. The maximum atomic E-state index is 8.76. The van der Waals surface area contributed by atoms with Crippen molar-refractivity contribution in [3.8, 4) is 11.5 Å². The number of hydrogen-bond donors (Lipinski definition) is 2. The number of hydrogen-bond acceptors (Lipinski definition) is 2. The molecule has 0 atom stereocenters. The van der Waals surface area contributed by atoms with Crippen LogP contribution in [-0.2, 0) is 0 Å². The smallest absolute Gasteiger partial charge is 0.117 e. The van der Waals surface area contributed by atoms with Crippen molar-refractivity contribution in [3.63, 3.8) is 0 Å². The molecule has 84 valence electrons. The Morgan fingerprint density at radius 1 is 0.875 bits per heavy atom. The molecule has 0 spiro atoms. The van der Waals surface area contributed by atoms with Crippen molar-refractivity contribution in [1.29, 1.82) is 0 Å². The Labute approximate surface area is 99.8 Å². The maximum absolute atomic E-state index is 8.76. The van der Waals surface area contributed by atoms with Crippen LogP contribution in [0.2, 0.25) is 5.02 Å². The molecule has 2 N–H and O–H groups in total. The molecule has 0 heterocycles. The molecule has 0 amide bonds. The first kappa shape index (κ1) is 12.4. The van der Waals surface area contributed by atoms with Gasteiger partial charge < -0.3 is 10.2 Å². The van der Waals surface area contributed by atoms with E-state index in [1.54, 1.807) is 30.3 Å². The zero-order valence-electron chi connectivity index (χ0n) is 8.89. The molecule has 2 nitrogen and oxygen atoms in total. The molecule has 0 bridgehead atoms. The minimum absolute atomic E-state index is 0.206. The van der Waals surface area contributed by atoms with Gasteiger partial charge in [0, 0.05) is 5.02 Å². The summed E-state index contributed by atoms with van der Waals surface area (Å²) in [6.07, 6.45) is 0. The number of rotatable bonds is 0. The first-order valence-electron chi connectivity index (χ1n) is 4.78. The molecular formula is C13H13ClO2. The Kier molecular flexibility index (Phi) is 4.67. The third-order valence-electron chi connectivity index (χ3n) is 1.84. The molecule has 0 aromatic heterocycles. The van der Waals surface area contributed by atoms with Gasteiger partial charge in [-0.15, -0.1) is 0 Å². The summed E-state index contributed by atoms with van der Waals surface area (Å²) in [7, 11) is 0. The number of phenols is 2. The number of aryl methyl sites for hydroxylation is 1. The minimum atomic E-state index is 0.206. The van der Waals surface area contributed by atoms with Crippen molar-refractivity contribution in [1.82, 2.24) is 0 Å². The topological polar surface area (TPSA) is 40.5 Å². The number of halogens is 1. The lowest BCUT2D eigenvalue weighted by molar-refractivity contribution is 0.474. The maximum Gasteiger partial charge on any atom is 0.117 e. The Balaban J connectivity index is 0.000000160. The molecule has 0 aliphatic rings. The Morgan fingerprint density at radius 3 is 1.88 bits per heavy atom. The third-order valence-corrected chi connectivity index (χ3v) is 2.08. The fraction of sp³-hybridized carbons (Fsp3) is 0.0769. The van der Waals surface area contributed by atoms with Crippen LogP contribution >= 0.6 is 11.6 Å². The fourth-order valence-corrected chi connectivity index (χ4v) is 1.21. The highest BCUT2D eigenvalue weighted by atomic mass is 35.5.